The van der Waals surface area contributed by atoms with Crippen molar-refractivity contribution in [3.8, 4) is 0 Å². The van der Waals surface area contributed by atoms with E-state index in [1.165, 1.54) is 18.4 Å². The fourth-order valence-corrected chi connectivity index (χ4v) is 4.60. The Kier molecular flexibility index (Phi) is 5.45. The molecule has 2 aliphatic rings. The summed E-state index contributed by atoms with van der Waals surface area (Å²) in [7, 11) is 0. The predicted molar refractivity (Wildman–Crippen MR) is 120 cm³/mol. The Morgan fingerprint density at radius 3 is 2.50 bits per heavy atom. The summed E-state index contributed by atoms with van der Waals surface area (Å²) in [6, 6.07) is 18.4. The summed E-state index contributed by atoms with van der Waals surface area (Å²) in [6.07, 6.45) is 4.38. The lowest BCUT2D eigenvalue weighted by atomic mass is 10.0. The number of aromatic nitrogens is 1. The number of hydrogen-bond donors (Lipinski definition) is 2. The number of fused-ring (bicyclic) bond motifs is 1. The molecule has 0 radical (unpaired) electrons. The second kappa shape index (κ2) is 8.37. The number of rotatable bonds is 5. The lowest BCUT2D eigenvalue weighted by molar-refractivity contribution is -0.918. The molecule has 1 saturated heterocycles. The lowest BCUT2D eigenvalue weighted by Gasteiger charge is -2.30. The Morgan fingerprint density at radius 2 is 1.77 bits per heavy atom. The standard InChI is InChI=1S/C25H26ClN3O/c26-19-9-5-17(6-10-19)16-29-13-11-20(12-14-29)27-25(30)22-15-24(18-7-8-18)28-23-4-2-1-3-21(22)23/h1-6,9-10,15,18,20H,7-8,11-14,16H2,(H,27,30)/p+1. The van der Waals surface area contributed by atoms with E-state index in [2.05, 4.69) is 17.4 Å². The molecule has 5 heteroatoms. The van der Waals surface area contributed by atoms with Gasteiger partial charge in [-0.3, -0.25) is 9.78 Å². The number of amides is 1. The third-order valence-corrected chi connectivity index (χ3v) is 6.62. The smallest absolute Gasteiger partial charge is 0.252 e. The van der Waals surface area contributed by atoms with E-state index in [9.17, 15) is 4.79 Å². The van der Waals surface area contributed by atoms with Crippen LogP contribution in [0, 0.1) is 0 Å². The number of para-hydroxylation sites is 1. The van der Waals surface area contributed by atoms with Crippen LogP contribution in [0.3, 0.4) is 0 Å². The minimum absolute atomic E-state index is 0.0432. The average Bonchev–Trinajstić information content (AvgIpc) is 3.61. The van der Waals surface area contributed by atoms with Gasteiger partial charge >= 0.3 is 0 Å². The number of hydrogen-bond acceptors (Lipinski definition) is 2. The van der Waals surface area contributed by atoms with Gasteiger partial charge in [0, 0.05) is 46.5 Å². The quantitative estimate of drug-likeness (QED) is 0.660. The van der Waals surface area contributed by atoms with Gasteiger partial charge in [0.2, 0.25) is 0 Å². The zero-order valence-corrected chi connectivity index (χ0v) is 17.8. The Morgan fingerprint density at radius 1 is 1.03 bits per heavy atom. The van der Waals surface area contributed by atoms with E-state index in [1.54, 1.807) is 4.90 Å². The summed E-state index contributed by atoms with van der Waals surface area (Å²) in [5.74, 6) is 0.572. The third kappa shape index (κ3) is 4.35. The number of benzene rings is 2. The molecule has 0 bridgehead atoms. The molecule has 1 saturated carbocycles. The van der Waals surface area contributed by atoms with E-state index in [4.69, 9.17) is 16.6 Å². The molecule has 1 aliphatic carbocycles. The molecule has 2 heterocycles. The van der Waals surface area contributed by atoms with Crippen LogP contribution in [0.5, 0.6) is 0 Å². The molecule has 1 amide bonds. The van der Waals surface area contributed by atoms with Crippen LogP contribution in [0.2, 0.25) is 5.02 Å². The van der Waals surface area contributed by atoms with Gasteiger partial charge in [-0.1, -0.05) is 41.9 Å². The maximum Gasteiger partial charge on any atom is 0.252 e. The lowest BCUT2D eigenvalue weighted by Crippen LogP contribution is -3.12. The minimum atomic E-state index is 0.0432. The van der Waals surface area contributed by atoms with Gasteiger partial charge < -0.3 is 10.2 Å². The summed E-state index contributed by atoms with van der Waals surface area (Å²) < 4.78 is 0. The number of nitrogens with zero attached hydrogens (tertiary/aromatic N) is 1. The zero-order chi connectivity index (χ0) is 20.5. The van der Waals surface area contributed by atoms with Crippen molar-refractivity contribution in [2.24, 2.45) is 0 Å². The van der Waals surface area contributed by atoms with Gasteiger partial charge in [-0.2, -0.15) is 0 Å². The van der Waals surface area contributed by atoms with Crippen LogP contribution in [0.15, 0.2) is 54.6 Å². The first-order valence-electron chi connectivity index (χ1n) is 10.9. The number of piperidine rings is 1. The monoisotopic (exact) mass is 420 g/mol. The highest BCUT2D eigenvalue weighted by atomic mass is 35.5. The second-order valence-corrected chi connectivity index (χ2v) is 9.12. The number of likely N-dealkylation sites (tertiary alicyclic amines) is 1. The molecule has 1 aliphatic heterocycles. The van der Waals surface area contributed by atoms with E-state index in [1.807, 2.05) is 42.5 Å². The van der Waals surface area contributed by atoms with E-state index < -0.39 is 0 Å². The van der Waals surface area contributed by atoms with Crippen LogP contribution in [0.1, 0.15) is 53.2 Å². The van der Waals surface area contributed by atoms with Crippen LogP contribution in [-0.2, 0) is 6.54 Å². The molecule has 30 heavy (non-hydrogen) atoms. The highest BCUT2D eigenvalue weighted by Crippen LogP contribution is 2.40. The van der Waals surface area contributed by atoms with Crippen molar-refractivity contribution in [1.29, 1.82) is 0 Å². The molecule has 4 nitrogen and oxygen atoms in total. The number of carbonyl (C=O) groups is 1. The van der Waals surface area contributed by atoms with Crippen LogP contribution in [-0.4, -0.2) is 30.0 Å². The average molecular weight is 421 g/mol. The SMILES string of the molecule is O=C(NC1CC[NH+](Cc2ccc(Cl)cc2)CC1)c1cc(C2CC2)nc2ccccc12. The summed E-state index contributed by atoms with van der Waals surface area (Å²) in [4.78, 5) is 19.5. The number of pyridine rings is 1. The second-order valence-electron chi connectivity index (χ2n) is 8.69. The van der Waals surface area contributed by atoms with Gasteiger partial charge in [0.1, 0.15) is 6.54 Å². The van der Waals surface area contributed by atoms with E-state index in [0.29, 0.717) is 5.92 Å². The summed E-state index contributed by atoms with van der Waals surface area (Å²) >= 11 is 5.99. The predicted octanol–water partition coefficient (Wildman–Crippen LogP) is 3.74. The van der Waals surface area contributed by atoms with Crippen molar-refractivity contribution in [2.45, 2.75) is 44.2 Å². The van der Waals surface area contributed by atoms with Crippen LogP contribution < -0.4 is 10.2 Å². The molecule has 0 unspecified atom stereocenters. The number of nitrogens with one attached hydrogen (secondary N) is 2. The van der Waals surface area contributed by atoms with E-state index >= 15 is 0 Å². The Bertz CT molecular complexity index is 1050. The number of carbonyl (C=O) groups excluding carboxylic acids is 1. The molecular formula is C25H27ClN3O+. The largest absolute Gasteiger partial charge is 0.349 e. The van der Waals surface area contributed by atoms with Crippen molar-refractivity contribution in [3.05, 3.63) is 76.4 Å². The summed E-state index contributed by atoms with van der Waals surface area (Å²) in [5, 5.41) is 5.04. The first-order valence-corrected chi connectivity index (χ1v) is 11.3. The molecule has 1 aromatic heterocycles. The minimum Gasteiger partial charge on any atom is -0.349 e. The highest BCUT2D eigenvalue weighted by molar-refractivity contribution is 6.30. The van der Waals surface area contributed by atoms with Crippen molar-refractivity contribution >= 4 is 28.4 Å². The van der Waals surface area contributed by atoms with Crippen molar-refractivity contribution in [2.75, 3.05) is 13.1 Å². The molecule has 2 aromatic carbocycles. The Hall–Kier alpha value is -2.43. The van der Waals surface area contributed by atoms with E-state index in [-0.39, 0.29) is 11.9 Å². The maximum atomic E-state index is 13.2. The molecule has 0 spiro atoms. The first-order chi connectivity index (χ1) is 14.7. The molecule has 2 N–H and O–H groups in total. The first kappa shape index (κ1) is 19.5. The van der Waals surface area contributed by atoms with Crippen molar-refractivity contribution < 1.29 is 9.69 Å². The topological polar surface area (TPSA) is 46.4 Å². The highest BCUT2D eigenvalue weighted by Gasteiger charge is 2.28. The van der Waals surface area contributed by atoms with Gasteiger partial charge in [0.05, 0.1) is 24.2 Å². The molecular weight excluding hydrogens is 394 g/mol. The van der Waals surface area contributed by atoms with Gasteiger partial charge in [-0.05, 0) is 37.1 Å². The van der Waals surface area contributed by atoms with Gasteiger partial charge in [-0.15, -0.1) is 0 Å². The number of quaternary nitrogens is 1. The fraction of sp³-hybridized carbons (Fsp3) is 0.360. The molecule has 154 valence electrons. The van der Waals surface area contributed by atoms with Gasteiger partial charge in [-0.25, -0.2) is 0 Å². The van der Waals surface area contributed by atoms with Crippen molar-refractivity contribution in [1.82, 2.24) is 10.3 Å². The van der Waals surface area contributed by atoms with Crippen molar-refractivity contribution in [3.63, 3.8) is 0 Å². The summed E-state index contributed by atoms with van der Waals surface area (Å²) in [6.45, 7) is 3.15. The van der Waals surface area contributed by atoms with Crippen LogP contribution >= 0.6 is 11.6 Å². The molecule has 5 rings (SSSR count). The molecule has 2 fully saturated rings. The Labute approximate surface area is 182 Å². The number of halogens is 1. The van der Waals surface area contributed by atoms with Crippen LogP contribution in [0.4, 0.5) is 0 Å². The molecule has 3 aromatic rings. The van der Waals surface area contributed by atoms with Crippen LogP contribution in [0.25, 0.3) is 10.9 Å². The Balaban J connectivity index is 1.24. The fourth-order valence-electron chi connectivity index (χ4n) is 4.47. The van der Waals surface area contributed by atoms with E-state index in [0.717, 1.165) is 59.7 Å². The zero-order valence-electron chi connectivity index (χ0n) is 17.0. The molecule has 0 atom stereocenters. The summed E-state index contributed by atoms with van der Waals surface area (Å²) in [5.41, 5.74) is 4.08. The maximum absolute atomic E-state index is 13.2. The van der Waals surface area contributed by atoms with Gasteiger partial charge in [0.25, 0.3) is 5.91 Å². The van der Waals surface area contributed by atoms with Gasteiger partial charge in [0.15, 0.2) is 0 Å². The normalized spacial score (nSPS) is 21.5. The third-order valence-electron chi connectivity index (χ3n) is 6.37.